The lowest BCUT2D eigenvalue weighted by Crippen LogP contribution is -2.40. The first-order chi connectivity index (χ1) is 12.1. The Bertz CT molecular complexity index is 632. The van der Waals surface area contributed by atoms with E-state index in [1.165, 1.54) is 24.2 Å². The number of fused-ring (bicyclic) bond motifs is 1. The zero-order chi connectivity index (χ0) is 17.8. The molecular formula is C19H24N2O4. The zero-order valence-corrected chi connectivity index (χ0v) is 14.2. The Labute approximate surface area is 147 Å². The molecule has 1 aliphatic heterocycles. The van der Waals surface area contributed by atoms with Crippen molar-refractivity contribution in [2.24, 2.45) is 11.8 Å². The summed E-state index contributed by atoms with van der Waals surface area (Å²) < 4.78 is 0. The molecule has 1 aliphatic carbocycles. The van der Waals surface area contributed by atoms with E-state index in [9.17, 15) is 14.4 Å². The third kappa shape index (κ3) is 4.00. The minimum atomic E-state index is -1.07. The van der Waals surface area contributed by atoms with Crippen LogP contribution >= 0.6 is 0 Å². The number of rotatable bonds is 6. The third-order valence-corrected chi connectivity index (χ3v) is 5.25. The van der Waals surface area contributed by atoms with E-state index in [2.05, 4.69) is 5.32 Å². The summed E-state index contributed by atoms with van der Waals surface area (Å²) in [5, 5.41) is 11.3. The Hall–Kier alpha value is -2.37. The molecule has 1 aromatic carbocycles. The normalized spacial score (nSPS) is 19.0. The standard InChI is InChI=1S/C19H24N2O4/c22-17-15-8-4-5-9-16(15)18(23)21(17)12-14(11-20-19(24)25)10-13-6-2-1-3-7-13/h4-5,8-9,13-14,20H,1-3,6-7,10-12H2,(H,24,25)/t14-/m0/s1. The molecule has 0 aromatic heterocycles. The van der Waals surface area contributed by atoms with Crippen LogP contribution in [0.25, 0.3) is 0 Å². The summed E-state index contributed by atoms with van der Waals surface area (Å²) in [4.78, 5) is 37.2. The van der Waals surface area contributed by atoms with E-state index in [1.54, 1.807) is 24.3 Å². The molecule has 0 bridgehead atoms. The van der Waals surface area contributed by atoms with Crippen molar-refractivity contribution in [1.29, 1.82) is 0 Å². The van der Waals surface area contributed by atoms with Gasteiger partial charge in [0.2, 0.25) is 0 Å². The largest absolute Gasteiger partial charge is 0.465 e. The van der Waals surface area contributed by atoms with Gasteiger partial charge in [-0.15, -0.1) is 0 Å². The molecule has 1 saturated carbocycles. The van der Waals surface area contributed by atoms with Crippen LogP contribution in [-0.4, -0.2) is 41.0 Å². The average molecular weight is 344 g/mol. The van der Waals surface area contributed by atoms with Crippen LogP contribution in [0.3, 0.4) is 0 Å². The molecule has 25 heavy (non-hydrogen) atoms. The van der Waals surface area contributed by atoms with Gasteiger partial charge in [-0.25, -0.2) is 4.79 Å². The monoisotopic (exact) mass is 344 g/mol. The van der Waals surface area contributed by atoms with E-state index < -0.39 is 6.09 Å². The number of carbonyl (C=O) groups excluding carboxylic acids is 2. The van der Waals surface area contributed by atoms with Crippen molar-refractivity contribution < 1.29 is 19.5 Å². The minimum Gasteiger partial charge on any atom is -0.465 e. The molecule has 0 radical (unpaired) electrons. The third-order valence-electron chi connectivity index (χ3n) is 5.25. The summed E-state index contributed by atoms with van der Waals surface area (Å²) in [6.07, 6.45) is 5.72. The molecule has 3 rings (SSSR count). The molecule has 3 amide bonds. The zero-order valence-electron chi connectivity index (χ0n) is 14.2. The summed E-state index contributed by atoms with van der Waals surface area (Å²) in [5.41, 5.74) is 0.880. The maximum Gasteiger partial charge on any atom is 0.404 e. The van der Waals surface area contributed by atoms with E-state index in [4.69, 9.17) is 5.11 Å². The van der Waals surface area contributed by atoms with Crippen LogP contribution in [0.15, 0.2) is 24.3 Å². The molecule has 6 heteroatoms. The number of nitrogens with zero attached hydrogens (tertiary/aromatic N) is 1. The molecule has 2 aliphatic rings. The lowest BCUT2D eigenvalue weighted by molar-refractivity contribution is 0.0618. The molecule has 1 atom stereocenters. The number of carbonyl (C=O) groups is 3. The summed E-state index contributed by atoms with van der Waals surface area (Å²) >= 11 is 0. The second-order valence-electron chi connectivity index (χ2n) is 7.06. The summed E-state index contributed by atoms with van der Waals surface area (Å²) in [5.74, 6) is -0.0555. The lowest BCUT2D eigenvalue weighted by atomic mass is 9.82. The summed E-state index contributed by atoms with van der Waals surface area (Å²) in [7, 11) is 0. The molecule has 134 valence electrons. The number of hydrogen-bond donors (Lipinski definition) is 2. The predicted molar refractivity (Wildman–Crippen MR) is 92.5 cm³/mol. The number of imide groups is 1. The van der Waals surface area contributed by atoms with E-state index in [1.807, 2.05) is 0 Å². The van der Waals surface area contributed by atoms with Gasteiger partial charge in [-0.05, 0) is 30.4 Å². The maximum absolute atomic E-state index is 12.5. The minimum absolute atomic E-state index is 0.0542. The number of carboxylic acid groups (broad SMARTS) is 1. The van der Waals surface area contributed by atoms with Crippen LogP contribution < -0.4 is 5.32 Å². The highest BCUT2D eigenvalue weighted by molar-refractivity contribution is 6.21. The molecule has 2 N–H and O–H groups in total. The SMILES string of the molecule is O=C(O)NC[C@H](CC1CCCCC1)CN1C(=O)c2ccccc2C1=O. The van der Waals surface area contributed by atoms with Crippen LogP contribution in [-0.2, 0) is 0 Å². The first-order valence-corrected chi connectivity index (χ1v) is 8.98. The quantitative estimate of drug-likeness (QED) is 0.776. The Balaban J connectivity index is 1.69. The van der Waals surface area contributed by atoms with E-state index >= 15 is 0 Å². The van der Waals surface area contributed by atoms with Gasteiger partial charge in [-0.3, -0.25) is 14.5 Å². The molecule has 0 unspecified atom stereocenters. The van der Waals surface area contributed by atoms with Crippen LogP contribution in [0.1, 0.15) is 59.2 Å². The van der Waals surface area contributed by atoms with Gasteiger partial charge in [0.15, 0.2) is 0 Å². The number of amides is 3. The highest BCUT2D eigenvalue weighted by atomic mass is 16.4. The molecule has 0 saturated heterocycles. The van der Waals surface area contributed by atoms with E-state index in [0.717, 1.165) is 19.3 Å². The van der Waals surface area contributed by atoms with Gasteiger partial charge >= 0.3 is 6.09 Å². The predicted octanol–water partition coefficient (Wildman–Crippen LogP) is 3.14. The fourth-order valence-corrected chi connectivity index (χ4v) is 4.01. The van der Waals surface area contributed by atoms with Gasteiger partial charge in [-0.1, -0.05) is 44.2 Å². The Morgan fingerprint density at radius 3 is 2.28 bits per heavy atom. The first kappa shape index (κ1) is 17.5. The number of nitrogens with one attached hydrogen (secondary N) is 1. The fourth-order valence-electron chi connectivity index (χ4n) is 4.01. The van der Waals surface area contributed by atoms with Crippen LogP contribution in [0.4, 0.5) is 4.79 Å². The van der Waals surface area contributed by atoms with Crippen molar-refractivity contribution in [3.8, 4) is 0 Å². The molecule has 0 spiro atoms. The van der Waals surface area contributed by atoms with Gasteiger partial charge in [0.05, 0.1) is 11.1 Å². The van der Waals surface area contributed by atoms with Gasteiger partial charge in [0, 0.05) is 13.1 Å². The molecule has 1 fully saturated rings. The van der Waals surface area contributed by atoms with Gasteiger partial charge in [-0.2, -0.15) is 0 Å². The van der Waals surface area contributed by atoms with Crippen LogP contribution in [0, 0.1) is 11.8 Å². The van der Waals surface area contributed by atoms with Crippen LogP contribution in [0.5, 0.6) is 0 Å². The van der Waals surface area contributed by atoms with E-state index in [0.29, 0.717) is 17.0 Å². The van der Waals surface area contributed by atoms with Gasteiger partial charge in [0.1, 0.15) is 0 Å². The lowest BCUT2D eigenvalue weighted by Gasteiger charge is -2.28. The van der Waals surface area contributed by atoms with Gasteiger partial charge < -0.3 is 10.4 Å². The van der Waals surface area contributed by atoms with Crippen molar-refractivity contribution in [2.75, 3.05) is 13.1 Å². The smallest absolute Gasteiger partial charge is 0.404 e. The van der Waals surface area contributed by atoms with Crippen LogP contribution in [0.2, 0.25) is 0 Å². The van der Waals surface area contributed by atoms with Crippen molar-refractivity contribution in [2.45, 2.75) is 38.5 Å². The van der Waals surface area contributed by atoms with Crippen molar-refractivity contribution in [1.82, 2.24) is 10.2 Å². The number of benzene rings is 1. The number of hydrogen-bond acceptors (Lipinski definition) is 3. The summed E-state index contributed by atoms with van der Waals surface area (Å²) in [6, 6.07) is 6.83. The topological polar surface area (TPSA) is 86.7 Å². The second-order valence-corrected chi connectivity index (χ2v) is 7.06. The maximum atomic E-state index is 12.5. The Kier molecular flexibility index (Phi) is 5.36. The molecule has 6 nitrogen and oxygen atoms in total. The average Bonchev–Trinajstić information content (AvgIpc) is 2.86. The Morgan fingerprint density at radius 2 is 1.72 bits per heavy atom. The summed E-state index contributed by atoms with van der Waals surface area (Å²) in [6.45, 7) is 0.530. The van der Waals surface area contributed by atoms with E-state index in [-0.39, 0.29) is 30.8 Å². The first-order valence-electron chi connectivity index (χ1n) is 8.98. The highest BCUT2D eigenvalue weighted by Crippen LogP contribution is 2.30. The Morgan fingerprint density at radius 1 is 1.12 bits per heavy atom. The van der Waals surface area contributed by atoms with Crippen molar-refractivity contribution >= 4 is 17.9 Å². The van der Waals surface area contributed by atoms with Gasteiger partial charge in [0.25, 0.3) is 11.8 Å². The fraction of sp³-hybridized carbons (Fsp3) is 0.526. The second kappa shape index (κ2) is 7.68. The van der Waals surface area contributed by atoms with Crippen molar-refractivity contribution in [3.05, 3.63) is 35.4 Å². The molecular weight excluding hydrogens is 320 g/mol. The van der Waals surface area contributed by atoms with Crippen molar-refractivity contribution in [3.63, 3.8) is 0 Å². The molecule has 1 heterocycles. The highest BCUT2D eigenvalue weighted by Gasteiger charge is 2.36. The molecule has 1 aromatic rings.